The first-order valence-electron chi connectivity index (χ1n) is 13.7. The summed E-state index contributed by atoms with van der Waals surface area (Å²) in [6, 6.07) is 0. The van der Waals surface area contributed by atoms with Gasteiger partial charge in [-0.05, 0) is 70.6 Å². The van der Waals surface area contributed by atoms with Gasteiger partial charge < -0.3 is 19.7 Å². The van der Waals surface area contributed by atoms with Gasteiger partial charge >= 0.3 is 11.9 Å². The number of carbonyl (C=O) groups excluding carboxylic acids is 2. The number of fused-ring (bicyclic) bond motifs is 1. The Morgan fingerprint density at radius 3 is 2.79 bits per heavy atom. The third-order valence-electron chi connectivity index (χ3n) is 6.31. The fraction of sp³-hybridized carbons (Fsp3) is 0.704. The van der Waals surface area contributed by atoms with Gasteiger partial charge in [-0.25, -0.2) is 4.79 Å². The topological polar surface area (TPSA) is 93.1 Å². The van der Waals surface area contributed by atoms with Gasteiger partial charge in [0.25, 0.3) is 0 Å². The van der Waals surface area contributed by atoms with Crippen molar-refractivity contribution < 1.29 is 34.8 Å². The number of carbonyl (C=O) groups is 2. The highest BCUT2D eigenvalue weighted by atomic mass is 16.6. The Balaban J connectivity index is 1.95. The van der Waals surface area contributed by atoms with Crippen LogP contribution < -0.4 is 0 Å². The molecule has 0 aromatic heterocycles. The molecule has 0 bridgehead atoms. The molecule has 0 heterocycles. The molecule has 0 amide bonds. The van der Waals surface area contributed by atoms with Crippen LogP contribution in [-0.2, 0) is 19.1 Å². The summed E-state index contributed by atoms with van der Waals surface area (Å²) >= 11 is 0. The van der Waals surface area contributed by atoms with Crippen LogP contribution in [0.5, 0.6) is 0 Å². The number of allylic oxidation sites excluding steroid dienone is 2. The van der Waals surface area contributed by atoms with E-state index in [0.29, 0.717) is 12.8 Å². The van der Waals surface area contributed by atoms with E-state index in [2.05, 4.69) is 11.8 Å². The van der Waals surface area contributed by atoms with Crippen LogP contribution in [-0.4, -0.2) is 47.1 Å². The zero-order valence-electron chi connectivity index (χ0n) is 24.0. The highest BCUT2D eigenvalue weighted by Crippen LogP contribution is 2.50. The molecule has 2 aliphatic carbocycles. The molecule has 7 atom stereocenters. The maximum Gasteiger partial charge on any atom is 0.347 e. The Morgan fingerprint density at radius 2 is 2.09 bits per heavy atom. The maximum atomic E-state index is 12.1. The lowest BCUT2D eigenvalue weighted by Crippen LogP contribution is -2.26. The van der Waals surface area contributed by atoms with Gasteiger partial charge in [-0.15, -0.1) is 11.8 Å². The smallest absolute Gasteiger partial charge is 0.347 e. The highest BCUT2D eigenvalue weighted by Gasteiger charge is 2.45. The molecule has 6 nitrogen and oxygen atoms in total. The second kappa shape index (κ2) is 13.6. The van der Waals surface area contributed by atoms with E-state index < -0.39 is 55.3 Å². The van der Waals surface area contributed by atoms with E-state index in [9.17, 15) is 19.8 Å². The normalized spacial score (nSPS) is 30.8. The van der Waals surface area contributed by atoms with Crippen LogP contribution in [0.4, 0.5) is 0 Å². The molecule has 0 aromatic rings. The summed E-state index contributed by atoms with van der Waals surface area (Å²) in [5.74, 6) is 3.04. The van der Waals surface area contributed by atoms with Crippen molar-refractivity contribution in [2.24, 2.45) is 23.7 Å². The van der Waals surface area contributed by atoms with Gasteiger partial charge in [0.05, 0.1) is 18.8 Å². The van der Waals surface area contributed by atoms with Crippen LogP contribution >= 0.6 is 0 Å². The molecular formula is C27H40O6. The average Bonchev–Trinajstić information content (AvgIpc) is 3.31. The minimum atomic E-state index is -1.84. The number of esters is 2. The molecule has 0 aliphatic heterocycles. The fourth-order valence-electron chi connectivity index (χ4n) is 4.56. The maximum absolute atomic E-state index is 12.1. The second-order valence-electron chi connectivity index (χ2n) is 8.77. The monoisotopic (exact) mass is 464 g/mol. The molecule has 2 fully saturated rings. The molecule has 2 rings (SSSR count). The predicted octanol–water partition coefficient (Wildman–Crippen LogP) is 3.95. The standard InChI is InChI=1S/C27H40O6/c1-5-7-10-18(3)24(28)14-13-22-23-16-20(15-21(23)17-25(22)29)11-8-9-12-26(30)33-19(4)27(31)32-6-2/h11,13-14,18-19,21-25,28-29H,6,8-10,12,15-17H2,1-4H3/b14-13+,20-11+/t18?,19-,21-,22+,23-,24+,25+/m0/s1/i9D2,10D2. The lowest BCUT2D eigenvalue weighted by molar-refractivity contribution is -0.166. The molecule has 1 unspecified atom stereocenters. The molecule has 0 aromatic carbocycles. The van der Waals surface area contributed by atoms with E-state index in [4.69, 9.17) is 15.0 Å². The first-order valence-corrected chi connectivity index (χ1v) is 11.7. The van der Waals surface area contributed by atoms with Crippen molar-refractivity contribution in [1.29, 1.82) is 0 Å². The summed E-state index contributed by atoms with van der Waals surface area (Å²) in [4.78, 5) is 23.7. The van der Waals surface area contributed by atoms with Crippen molar-refractivity contribution >= 4 is 11.9 Å². The van der Waals surface area contributed by atoms with Crippen LogP contribution in [0.2, 0.25) is 0 Å². The van der Waals surface area contributed by atoms with Crippen molar-refractivity contribution in [2.75, 3.05) is 6.61 Å². The number of aliphatic hydroxyl groups excluding tert-OH is 2. The number of hydrogen-bond donors (Lipinski definition) is 2. The molecule has 33 heavy (non-hydrogen) atoms. The second-order valence-corrected chi connectivity index (χ2v) is 8.77. The van der Waals surface area contributed by atoms with Crippen LogP contribution in [0.3, 0.4) is 0 Å². The third-order valence-corrected chi connectivity index (χ3v) is 6.31. The Morgan fingerprint density at radius 1 is 1.33 bits per heavy atom. The van der Waals surface area contributed by atoms with Crippen LogP contribution in [0.15, 0.2) is 23.8 Å². The quantitative estimate of drug-likeness (QED) is 0.273. The van der Waals surface area contributed by atoms with E-state index in [1.807, 2.05) is 6.08 Å². The van der Waals surface area contributed by atoms with Gasteiger partial charge in [-0.3, -0.25) is 4.79 Å². The van der Waals surface area contributed by atoms with Crippen molar-refractivity contribution in [1.82, 2.24) is 0 Å². The van der Waals surface area contributed by atoms with Crippen molar-refractivity contribution in [3.05, 3.63) is 23.8 Å². The molecule has 0 radical (unpaired) electrons. The van der Waals surface area contributed by atoms with Crippen molar-refractivity contribution in [3.63, 3.8) is 0 Å². The minimum Gasteiger partial charge on any atom is -0.463 e. The van der Waals surface area contributed by atoms with E-state index in [1.165, 1.54) is 6.92 Å². The number of rotatable bonds is 11. The minimum absolute atomic E-state index is 0.0253. The summed E-state index contributed by atoms with van der Waals surface area (Å²) in [6.45, 7) is 6.35. The summed E-state index contributed by atoms with van der Waals surface area (Å²) < 4.78 is 42.2. The lowest BCUT2D eigenvalue weighted by Gasteiger charge is -2.19. The molecule has 2 aliphatic rings. The van der Waals surface area contributed by atoms with E-state index in [0.717, 1.165) is 12.0 Å². The molecule has 0 spiro atoms. The first kappa shape index (κ1) is 21.4. The number of hydrogen-bond acceptors (Lipinski definition) is 6. The van der Waals surface area contributed by atoms with Gasteiger partial charge in [0.15, 0.2) is 6.10 Å². The molecule has 184 valence electrons. The molecule has 2 saturated carbocycles. The Kier molecular flexibility index (Phi) is 8.81. The average molecular weight is 465 g/mol. The number of ether oxygens (including phenoxy) is 2. The van der Waals surface area contributed by atoms with Gasteiger partial charge in [0, 0.05) is 24.2 Å². The van der Waals surface area contributed by atoms with Gasteiger partial charge in [-0.2, -0.15) is 0 Å². The predicted molar refractivity (Wildman–Crippen MR) is 127 cm³/mol. The Bertz CT molecular complexity index is 935. The van der Waals surface area contributed by atoms with Crippen molar-refractivity contribution in [3.8, 4) is 11.8 Å². The fourth-order valence-corrected chi connectivity index (χ4v) is 4.56. The third kappa shape index (κ3) is 8.32. The van der Waals surface area contributed by atoms with Crippen molar-refractivity contribution in [2.45, 2.75) is 90.9 Å². The summed E-state index contributed by atoms with van der Waals surface area (Å²) in [6.07, 6.45) is 0.378. The molecular weight excluding hydrogens is 420 g/mol. The van der Waals surface area contributed by atoms with Crippen LogP contribution in [0, 0.1) is 35.5 Å². The lowest BCUT2D eigenvalue weighted by atomic mass is 9.89. The van der Waals surface area contributed by atoms with Gasteiger partial charge in [0.1, 0.15) is 0 Å². The Hall–Kier alpha value is -2.10. The highest BCUT2D eigenvalue weighted by molar-refractivity contribution is 5.78. The number of aliphatic hydroxyl groups is 2. The van der Waals surface area contributed by atoms with E-state index in [-0.39, 0.29) is 30.8 Å². The Labute approximate surface area is 204 Å². The largest absolute Gasteiger partial charge is 0.463 e. The summed E-state index contributed by atoms with van der Waals surface area (Å²) in [5, 5.41) is 21.1. The van der Waals surface area contributed by atoms with Crippen LogP contribution in [0.1, 0.15) is 78.0 Å². The van der Waals surface area contributed by atoms with E-state index >= 15 is 0 Å². The van der Waals surface area contributed by atoms with Crippen LogP contribution in [0.25, 0.3) is 0 Å². The van der Waals surface area contributed by atoms with Gasteiger partial charge in [-0.1, -0.05) is 30.7 Å². The molecule has 2 N–H and O–H groups in total. The van der Waals surface area contributed by atoms with E-state index in [1.54, 1.807) is 32.9 Å². The molecule has 6 heteroatoms. The molecule has 0 saturated heterocycles. The first-order chi connectivity index (χ1) is 17.2. The van der Waals surface area contributed by atoms with Gasteiger partial charge in [0.2, 0.25) is 0 Å². The summed E-state index contributed by atoms with van der Waals surface area (Å²) in [7, 11) is 0. The SMILES string of the molecule is [2H]C([2H])(C/C=C1\C[C@H]2C[C@@H](O)[C@H](/C=C/[C@@H](O)C(C)C([2H])([2H])C#CC)[C@H]2C1)CC(=O)O[C@@H](C)C(=O)OCC. The summed E-state index contributed by atoms with van der Waals surface area (Å²) in [5.41, 5.74) is 1.07. The zero-order valence-corrected chi connectivity index (χ0v) is 20.0. The zero-order chi connectivity index (χ0) is 28.0.